The Kier molecular flexibility index (Phi) is 11.4. The van der Waals surface area contributed by atoms with Crippen molar-refractivity contribution in [1.29, 1.82) is 0 Å². The molecule has 0 unspecified atom stereocenters. The summed E-state index contributed by atoms with van der Waals surface area (Å²) in [5, 5.41) is 27.2. The zero-order valence-electron chi connectivity index (χ0n) is 23.1. The molecule has 2 aliphatic carbocycles. The number of aromatic nitrogens is 4. The Balaban J connectivity index is 0.000000220. The van der Waals surface area contributed by atoms with Crippen molar-refractivity contribution in [3.05, 3.63) is 81.4 Å². The zero-order valence-corrected chi connectivity index (χ0v) is 28.7. The molecule has 0 radical (unpaired) electrons. The average molecular weight is 617 g/mol. The molecule has 0 bridgehead atoms. The predicted octanol–water partition coefficient (Wildman–Crippen LogP) is -3.28. The molecule has 14 heteroatoms. The third-order valence-electron chi connectivity index (χ3n) is 6.20. The Hall–Kier alpha value is -2.68. The maximum Gasteiger partial charge on any atom is 1.00 e. The fraction of sp³-hybridized carbons (Fsp3) is 0.143. The standard InChI is InChI=1S/2C14H10N2O3S.2Na/c2*1-7-6-8(2-3-10(7)17)11-9-4-5-20-13(9)16-12(15-11)14(18)19;;/h2*2,4-6H,3H2,1H3,(H,18,19);;/q;;2*+1/p-2. The van der Waals surface area contributed by atoms with Crippen LogP contribution in [0.2, 0.25) is 0 Å². The summed E-state index contributed by atoms with van der Waals surface area (Å²) in [6.45, 7) is 3.47. The van der Waals surface area contributed by atoms with Gasteiger partial charge in [-0.05, 0) is 71.2 Å². The van der Waals surface area contributed by atoms with Crippen LogP contribution in [0.25, 0.3) is 31.6 Å². The van der Waals surface area contributed by atoms with Gasteiger partial charge in [-0.25, -0.2) is 19.9 Å². The maximum absolute atomic E-state index is 11.5. The molecule has 4 heterocycles. The molecule has 10 nitrogen and oxygen atoms in total. The van der Waals surface area contributed by atoms with E-state index >= 15 is 0 Å². The summed E-state index contributed by atoms with van der Waals surface area (Å²) in [6.07, 6.45) is 7.57. The van der Waals surface area contributed by atoms with Gasteiger partial charge in [0, 0.05) is 23.6 Å². The molecular weight excluding hydrogens is 598 g/mol. The summed E-state index contributed by atoms with van der Waals surface area (Å²) in [6, 6.07) is 3.68. The van der Waals surface area contributed by atoms with E-state index in [4.69, 9.17) is 0 Å². The first kappa shape index (κ1) is 33.8. The Morgan fingerprint density at radius 2 is 1.07 bits per heavy atom. The molecule has 6 rings (SSSR count). The smallest absolute Gasteiger partial charge is 0.542 e. The summed E-state index contributed by atoms with van der Waals surface area (Å²) in [5.74, 6) is -3.36. The molecule has 0 fully saturated rings. The molecule has 0 saturated heterocycles. The Morgan fingerprint density at radius 1 is 0.690 bits per heavy atom. The van der Waals surface area contributed by atoms with Crippen LogP contribution in [0, 0.1) is 0 Å². The van der Waals surface area contributed by atoms with Crippen molar-refractivity contribution in [2.75, 3.05) is 0 Å². The number of Topliss-reactive ketones (excluding diaryl/α,β-unsaturated/α-hetero) is 2. The summed E-state index contributed by atoms with van der Waals surface area (Å²) < 4.78 is 0. The Morgan fingerprint density at radius 3 is 1.40 bits per heavy atom. The quantitative estimate of drug-likeness (QED) is 0.212. The maximum atomic E-state index is 11.5. The number of rotatable bonds is 4. The van der Waals surface area contributed by atoms with E-state index < -0.39 is 11.9 Å². The van der Waals surface area contributed by atoms with Crippen LogP contribution in [-0.4, -0.2) is 43.4 Å². The van der Waals surface area contributed by atoms with Crippen molar-refractivity contribution >= 4 is 77.8 Å². The van der Waals surface area contributed by atoms with Crippen molar-refractivity contribution in [3.8, 4) is 0 Å². The molecule has 2 aliphatic rings. The van der Waals surface area contributed by atoms with E-state index in [-0.39, 0.29) is 82.3 Å². The van der Waals surface area contributed by atoms with Crippen molar-refractivity contribution in [1.82, 2.24) is 19.9 Å². The second-order valence-electron chi connectivity index (χ2n) is 8.87. The zero-order chi connectivity index (χ0) is 28.6. The molecule has 4 aromatic rings. The number of aromatic carboxylic acids is 2. The summed E-state index contributed by atoms with van der Waals surface area (Å²) >= 11 is 2.68. The van der Waals surface area contributed by atoms with Crippen LogP contribution in [-0.2, 0) is 9.59 Å². The van der Waals surface area contributed by atoms with Gasteiger partial charge in [-0.15, -0.1) is 22.7 Å². The van der Waals surface area contributed by atoms with E-state index in [2.05, 4.69) is 19.9 Å². The molecule has 0 atom stereocenters. The van der Waals surface area contributed by atoms with Gasteiger partial charge >= 0.3 is 59.1 Å². The van der Waals surface area contributed by atoms with Crippen molar-refractivity contribution < 1.29 is 88.5 Å². The first-order valence-electron chi connectivity index (χ1n) is 11.9. The van der Waals surface area contributed by atoms with Crippen molar-refractivity contribution in [2.45, 2.75) is 26.7 Å². The number of carbonyl (C=O) groups is 4. The molecular formula is C28H18N4Na2O6S2. The summed E-state index contributed by atoms with van der Waals surface area (Å²) in [4.78, 5) is 62.2. The van der Waals surface area contributed by atoms with Crippen LogP contribution in [0.1, 0.15) is 59.3 Å². The van der Waals surface area contributed by atoms with E-state index in [1.165, 1.54) is 22.7 Å². The molecule has 0 N–H and O–H groups in total. The number of hydrogen-bond donors (Lipinski definition) is 0. The number of carboxylic acid groups (broad SMARTS) is 2. The van der Waals surface area contributed by atoms with Gasteiger partial charge in [0.25, 0.3) is 0 Å². The van der Waals surface area contributed by atoms with Gasteiger partial charge in [0.15, 0.2) is 23.2 Å². The minimum atomic E-state index is -1.41. The number of nitrogens with zero attached hydrogens (tertiary/aromatic N) is 4. The number of thiophene rings is 2. The van der Waals surface area contributed by atoms with E-state index in [0.717, 1.165) is 21.9 Å². The second-order valence-corrected chi connectivity index (χ2v) is 10.7. The van der Waals surface area contributed by atoms with Gasteiger partial charge in [-0.3, -0.25) is 9.59 Å². The fourth-order valence-electron chi connectivity index (χ4n) is 4.14. The first-order chi connectivity index (χ1) is 19.1. The first-order valence-corrected chi connectivity index (χ1v) is 13.7. The van der Waals surface area contributed by atoms with Crippen LogP contribution in [0.5, 0.6) is 0 Å². The summed E-state index contributed by atoms with van der Waals surface area (Å²) in [5.41, 5.74) is 3.83. The van der Waals surface area contributed by atoms with Crippen LogP contribution >= 0.6 is 22.7 Å². The summed E-state index contributed by atoms with van der Waals surface area (Å²) in [7, 11) is 0. The predicted molar refractivity (Wildman–Crippen MR) is 146 cm³/mol. The van der Waals surface area contributed by atoms with Gasteiger partial charge in [0.2, 0.25) is 0 Å². The van der Waals surface area contributed by atoms with Gasteiger partial charge in [-0.2, -0.15) is 0 Å². The SMILES string of the molecule is CC1=CC(c2nc(C(=O)[O-])nc3sccc23)=CCC1=O.CC1=CC(c2nc(C(=O)[O-])nc3sccc23)=CCC1=O.[Na+].[Na+]. The van der Waals surface area contributed by atoms with E-state index in [1.54, 1.807) is 38.2 Å². The molecule has 0 amide bonds. The molecule has 42 heavy (non-hydrogen) atoms. The largest absolute Gasteiger partial charge is 1.00 e. The minimum absolute atomic E-state index is 0. The molecule has 4 aromatic heterocycles. The molecule has 0 spiro atoms. The van der Waals surface area contributed by atoms with Gasteiger partial charge in [0.05, 0.1) is 11.4 Å². The number of ketones is 2. The second kappa shape index (κ2) is 14.2. The van der Waals surface area contributed by atoms with Crippen LogP contribution in [0.15, 0.2) is 58.3 Å². The van der Waals surface area contributed by atoms with Gasteiger partial charge < -0.3 is 19.8 Å². The van der Waals surface area contributed by atoms with Crippen molar-refractivity contribution in [3.63, 3.8) is 0 Å². The van der Waals surface area contributed by atoms with Gasteiger partial charge in [-0.1, -0.05) is 12.2 Å². The molecule has 0 saturated carbocycles. The topological polar surface area (TPSA) is 166 Å². The monoisotopic (exact) mass is 616 g/mol. The number of carboxylic acids is 2. The number of hydrogen-bond acceptors (Lipinski definition) is 12. The Labute approximate surface area is 291 Å². The number of fused-ring (bicyclic) bond motifs is 2. The van der Waals surface area contributed by atoms with Crippen LogP contribution in [0.4, 0.5) is 0 Å². The molecule has 0 aromatic carbocycles. The number of carbonyl (C=O) groups excluding carboxylic acids is 4. The third kappa shape index (κ3) is 7.09. The van der Waals surface area contributed by atoms with E-state index in [0.29, 0.717) is 45.0 Å². The van der Waals surface area contributed by atoms with E-state index in [9.17, 15) is 29.4 Å². The van der Waals surface area contributed by atoms with Crippen molar-refractivity contribution in [2.24, 2.45) is 0 Å². The van der Waals surface area contributed by atoms with Gasteiger partial charge in [0.1, 0.15) is 21.6 Å². The Bertz CT molecular complexity index is 1750. The van der Waals surface area contributed by atoms with Crippen LogP contribution in [0.3, 0.4) is 0 Å². The average Bonchev–Trinajstić information content (AvgIpc) is 3.60. The van der Waals surface area contributed by atoms with Crippen LogP contribution < -0.4 is 69.3 Å². The molecule has 0 aliphatic heterocycles. The molecule has 200 valence electrons. The number of allylic oxidation sites excluding steroid dienone is 8. The minimum Gasteiger partial charge on any atom is -0.542 e. The normalized spacial score (nSPS) is 14.4. The van der Waals surface area contributed by atoms with E-state index in [1.807, 2.05) is 22.9 Å². The third-order valence-corrected chi connectivity index (χ3v) is 7.81. The fourth-order valence-corrected chi connectivity index (χ4v) is 5.66.